The Morgan fingerprint density at radius 3 is 2.33 bits per heavy atom. The number of benzene rings is 1. The fourth-order valence-electron chi connectivity index (χ4n) is 2.21. The van der Waals surface area contributed by atoms with E-state index < -0.39 is 0 Å². The lowest BCUT2D eigenvalue weighted by molar-refractivity contribution is 0.311. The zero-order chi connectivity index (χ0) is 13.6. The van der Waals surface area contributed by atoms with Crippen LogP contribution in [0.25, 0.3) is 0 Å². The van der Waals surface area contributed by atoms with Crippen molar-refractivity contribution in [3.05, 3.63) is 30.1 Å². The highest BCUT2D eigenvalue weighted by molar-refractivity contribution is 7.80. The summed E-state index contributed by atoms with van der Waals surface area (Å²) >= 11 is 4.51. The van der Waals surface area contributed by atoms with Gasteiger partial charge in [-0.1, -0.05) is 19.9 Å². The van der Waals surface area contributed by atoms with Crippen molar-refractivity contribution in [3.8, 4) is 0 Å². The molecule has 1 nitrogen and oxygen atoms in total. The highest BCUT2D eigenvalue weighted by Gasteiger charge is 2.27. The van der Waals surface area contributed by atoms with Gasteiger partial charge in [-0.25, -0.2) is 4.39 Å². The van der Waals surface area contributed by atoms with Crippen LogP contribution in [0.3, 0.4) is 0 Å². The van der Waals surface area contributed by atoms with Crippen LogP contribution in [0.5, 0.6) is 0 Å². The van der Waals surface area contributed by atoms with Gasteiger partial charge in [0.15, 0.2) is 0 Å². The molecule has 102 valence electrons. The Balaban J connectivity index is 2.90. The molecule has 1 aromatic rings. The molecule has 0 saturated carbocycles. The van der Waals surface area contributed by atoms with E-state index in [0.717, 1.165) is 37.4 Å². The number of nitrogens with zero attached hydrogens (tertiary/aromatic N) is 1. The smallest absolute Gasteiger partial charge is 0.125 e. The first-order chi connectivity index (χ1) is 8.60. The Morgan fingerprint density at radius 1 is 1.22 bits per heavy atom. The van der Waals surface area contributed by atoms with Crippen molar-refractivity contribution in [1.82, 2.24) is 0 Å². The highest BCUT2D eigenvalue weighted by atomic mass is 32.1. The summed E-state index contributed by atoms with van der Waals surface area (Å²) in [5, 5.41) is 0. The molecule has 0 spiro atoms. The molecule has 0 atom stereocenters. The summed E-state index contributed by atoms with van der Waals surface area (Å²) < 4.78 is 13.3. The molecule has 0 heterocycles. The van der Waals surface area contributed by atoms with Crippen molar-refractivity contribution >= 4 is 18.3 Å². The van der Waals surface area contributed by atoms with Crippen LogP contribution in [0.2, 0.25) is 0 Å². The predicted octanol–water partition coefficient (Wildman–Crippen LogP) is 4.39. The van der Waals surface area contributed by atoms with E-state index in [-0.39, 0.29) is 11.2 Å². The van der Waals surface area contributed by atoms with Gasteiger partial charge in [-0.05, 0) is 49.1 Å². The van der Waals surface area contributed by atoms with Gasteiger partial charge in [0.2, 0.25) is 0 Å². The summed E-state index contributed by atoms with van der Waals surface area (Å²) in [5.41, 5.74) is 1.18. The van der Waals surface area contributed by atoms with Crippen molar-refractivity contribution in [2.45, 2.75) is 33.6 Å². The normalized spacial score (nSPS) is 11.6. The quantitative estimate of drug-likeness (QED) is 0.719. The topological polar surface area (TPSA) is 3.24 Å². The van der Waals surface area contributed by atoms with Gasteiger partial charge in [-0.15, -0.1) is 0 Å². The predicted molar refractivity (Wildman–Crippen MR) is 81.2 cm³/mol. The minimum atomic E-state index is -0.171. The van der Waals surface area contributed by atoms with Gasteiger partial charge in [-0.3, -0.25) is 0 Å². The summed E-state index contributed by atoms with van der Waals surface area (Å²) in [6.45, 7) is 8.35. The van der Waals surface area contributed by atoms with Gasteiger partial charge in [0.1, 0.15) is 5.82 Å². The molecule has 1 aromatic carbocycles. The third-order valence-electron chi connectivity index (χ3n) is 3.92. The van der Waals surface area contributed by atoms with Crippen LogP contribution in [-0.2, 0) is 0 Å². The lowest BCUT2D eigenvalue weighted by Gasteiger charge is -2.37. The number of halogens is 1. The van der Waals surface area contributed by atoms with Crippen molar-refractivity contribution < 1.29 is 4.39 Å². The van der Waals surface area contributed by atoms with Crippen molar-refractivity contribution in [2.75, 3.05) is 23.7 Å². The Kier molecular flexibility index (Phi) is 6.00. The molecular formula is C15H24FNS. The van der Waals surface area contributed by atoms with Crippen LogP contribution < -0.4 is 4.90 Å². The third-order valence-corrected chi connectivity index (χ3v) is 4.59. The molecule has 0 amide bonds. The zero-order valence-corrected chi connectivity index (χ0v) is 12.5. The first-order valence-corrected chi connectivity index (χ1v) is 7.35. The minimum Gasteiger partial charge on any atom is -0.371 e. The van der Waals surface area contributed by atoms with E-state index in [1.54, 1.807) is 12.1 Å². The van der Waals surface area contributed by atoms with Gasteiger partial charge in [0.05, 0.1) is 0 Å². The minimum absolute atomic E-state index is 0.171. The van der Waals surface area contributed by atoms with E-state index in [0.29, 0.717) is 0 Å². The van der Waals surface area contributed by atoms with E-state index in [1.165, 1.54) is 6.07 Å². The Morgan fingerprint density at radius 2 is 1.89 bits per heavy atom. The SMILES string of the molecule is CCN(CC(CC)(CC)CS)c1cccc(F)c1. The molecule has 18 heavy (non-hydrogen) atoms. The number of hydrogen-bond acceptors (Lipinski definition) is 2. The largest absolute Gasteiger partial charge is 0.371 e. The summed E-state index contributed by atoms with van der Waals surface area (Å²) in [6.07, 6.45) is 2.19. The molecule has 0 radical (unpaired) electrons. The van der Waals surface area contributed by atoms with Crippen molar-refractivity contribution in [3.63, 3.8) is 0 Å². The van der Waals surface area contributed by atoms with E-state index in [9.17, 15) is 4.39 Å². The average Bonchev–Trinajstić information content (AvgIpc) is 2.41. The number of anilines is 1. The van der Waals surface area contributed by atoms with Crippen LogP contribution in [0.15, 0.2) is 24.3 Å². The van der Waals surface area contributed by atoms with Crippen LogP contribution in [0.4, 0.5) is 10.1 Å². The lowest BCUT2D eigenvalue weighted by atomic mass is 9.83. The van der Waals surface area contributed by atoms with Crippen molar-refractivity contribution in [2.24, 2.45) is 5.41 Å². The van der Waals surface area contributed by atoms with E-state index >= 15 is 0 Å². The maximum absolute atomic E-state index is 13.3. The second-order valence-corrected chi connectivity index (χ2v) is 5.18. The second-order valence-electron chi connectivity index (χ2n) is 4.86. The molecule has 0 fully saturated rings. The van der Waals surface area contributed by atoms with Crippen LogP contribution >= 0.6 is 12.6 Å². The Labute approximate surface area is 116 Å². The summed E-state index contributed by atoms with van der Waals surface area (Å²) in [4.78, 5) is 2.24. The van der Waals surface area contributed by atoms with Crippen LogP contribution in [0.1, 0.15) is 33.6 Å². The fraction of sp³-hybridized carbons (Fsp3) is 0.600. The van der Waals surface area contributed by atoms with Gasteiger partial charge < -0.3 is 4.90 Å². The summed E-state index contributed by atoms with van der Waals surface area (Å²) in [5.74, 6) is 0.696. The molecule has 0 aliphatic rings. The highest BCUT2D eigenvalue weighted by Crippen LogP contribution is 2.31. The number of thiol groups is 1. The van der Waals surface area contributed by atoms with Crippen molar-refractivity contribution in [1.29, 1.82) is 0 Å². The maximum Gasteiger partial charge on any atom is 0.125 e. The summed E-state index contributed by atoms with van der Waals surface area (Å²) in [6, 6.07) is 6.84. The van der Waals surface area contributed by atoms with E-state index in [4.69, 9.17) is 0 Å². The maximum atomic E-state index is 13.3. The molecule has 1 rings (SSSR count). The van der Waals surface area contributed by atoms with E-state index in [1.807, 2.05) is 6.07 Å². The standard InChI is InChI=1S/C15H24FNS/c1-4-15(5-2,12-18)11-17(6-3)14-9-7-8-13(16)10-14/h7-10,18H,4-6,11-12H2,1-3H3. The van der Waals surface area contributed by atoms with Gasteiger partial charge in [0.25, 0.3) is 0 Å². The molecular weight excluding hydrogens is 245 g/mol. The fourth-order valence-corrected chi connectivity index (χ4v) is 2.76. The average molecular weight is 269 g/mol. The molecule has 0 bridgehead atoms. The molecule has 0 aliphatic carbocycles. The zero-order valence-electron chi connectivity index (χ0n) is 11.6. The second kappa shape index (κ2) is 7.03. The van der Waals surface area contributed by atoms with Gasteiger partial charge in [0, 0.05) is 18.8 Å². The van der Waals surface area contributed by atoms with E-state index in [2.05, 4.69) is 38.3 Å². The first-order valence-electron chi connectivity index (χ1n) is 6.72. The lowest BCUT2D eigenvalue weighted by Crippen LogP contribution is -2.38. The van der Waals surface area contributed by atoms with Gasteiger partial charge >= 0.3 is 0 Å². The summed E-state index contributed by atoms with van der Waals surface area (Å²) in [7, 11) is 0. The molecule has 0 aromatic heterocycles. The number of rotatable bonds is 7. The van der Waals surface area contributed by atoms with Crippen LogP contribution in [-0.4, -0.2) is 18.8 Å². The van der Waals surface area contributed by atoms with Crippen LogP contribution in [0, 0.1) is 11.2 Å². The molecule has 0 saturated heterocycles. The van der Waals surface area contributed by atoms with Gasteiger partial charge in [-0.2, -0.15) is 12.6 Å². The molecule has 0 unspecified atom stereocenters. The Bertz CT molecular complexity index is 355. The number of hydrogen-bond donors (Lipinski definition) is 1. The molecule has 0 N–H and O–H groups in total. The molecule has 0 aliphatic heterocycles. The third kappa shape index (κ3) is 3.64. The Hall–Kier alpha value is -0.700. The molecule has 3 heteroatoms. The first kappa shape index (κ1) is 15.4. The monoisotopic (exact) mass is 269 g/mol.